The topological polar surface area (TPSA) is 76.4 Å². The number of fused-ring (bicyclic) bond motifs is 1. The van der Waals surface area contributed by atoms with Gasteiger partial charge in [-0.2, -0.15) is 13.2 Å². The summed E-state index contributed by atoms with van der Waals surface area (Å²) in [5.41, 5.74) is 1.79. The van der Waals surface area contributed by atoms with Gasteiger partial charge in [-0.1, -0.05) is 24.3 Å². The highest BCUT2D eigenvalue weighted by Crippen LogP contribution is 2.34. The molecule has 4 aromatic rings. The van der Waals surface area contributed by atoms with Gasteiger partial charge in [0.05, 0.1) is 35.3 Å². The zero-order valence-electron chi connectivity index (χ0n) is 18.5. The Hall–Kier alpha value is -4.01. The average molecular weight is 469 g/mol. The van der Waals surface area contributed by atoms with E-state index in [0.29, 0.717) is 29.1 Å². The van der Waals surface area contributed by atoms with Gasteiger partial charge in [-0.3, -0.25) is 0 Å². The highest BCUT2D eigenvalue weighted by atomic mass is 19.4. The number of aryl methyl sites for hydroxylation is 1. The Morgan fingerprint density at radius 3 is 2.59 bits per heavy atom. The number of carboxylic acid groups (broad SMARTS) is 1. The third-order valence-corrected chi connectivity index (χ3v) is 5.39. The number of hydrogen-bond donors (Lipinski definition) is 2. The number of carbonyl (C=O) groups is 1. The predicted molar refractivity (Wildman–Crippen MR) is 123 cm³/mol. The molecule has 0 fully saturated rings. The Morgan fingerprint density at radius 1 is 1.12 bits per heavy atom. The molecule has 0 amide bonds. The summed E-state index contributed by atoms with van der Waals surface area (Å²) in [5, 5.41) is 12.5. The van der Waals surface area contributed by atoms with E-state index >= 15 is 0 Å². The molecule has 2 N–H and O–H groups in total. The molecule has 0 unspecified atom stereocenters. The summed E-state index contributed by atoms with van der Waals surface area (Å²) in [6.45, 7) is 4.14. The monoisotopic (exact) mass is 469 g/mol. The summed E-state index contributed by atoms with van der Waals surface area (Å²) in [6.07, 6.45) is -4.51. The summed E-state index contributed by atoms with van der Waals surface area (Å²) in [4.78, 5) is 15.9. The molecule has 0 atom stereocenters. The summed E-state index contributed by atoms with van der Waals surface area (Å²) in [7, 11) is 0. The maximum atomic E-state index is 13.6. The maximum Gasteiger partial charge on any atom is 0.416 e. The van der Waals surface area contributed by atoms with Crippen LogP contribution in [-0.2, 0) is 12.7 Å². The average Bonchev–Trinajstić information content (AvgIpc) is 3.12. The SMILES string of the molecule is CCOc1cc(Nc2nc3cc(C(=O)O)ccc3n2Cc2ccccc2C(F)(F)F)ccc1C. The standard InChI is InChI=1S/C25H22F3N3O3/c1-3-34-22-13-18(10-8-15(22)2)29-24-30-20-12-16(23(32)33)9-11-21(20)31(24)14-17-6-4-5-7-19(17)25(26,27)28/h4-13H,3,14H2,1-2H3,(H,29,30)(H,32,33). The van der Waals surface area contributed by atoms with E-state index in [1.165, 1.54) is 24.3 Å². The molecule has 0 aliphatic heterocycles. The van der Waals surface area contributed by atoms with Gasteiger partial charge in [-0.25, -0.2) is 9.78 Å². The normalized spacial score (nSPS) is 11.6. The fourth-order valence-electron chi connectivity index (χ4n) is 3.74. The van der Waals surface area contributed by atoms with Crippen molar-refractivity contribution in [3.63, 3.8) is 0 Å². The number of hydrogen-bond acceptors (Lipinski definition) is 4. The van der Waals surface area contributed by atoms with Gasteiger partial charge in [0.1, 0.15) is 5.75 Å². The second kappa shape index (κ2) is 9.09. The van der Waals surface area contributed by atoms with E-state index in [1.54, 1.807) is 22.8 Å². The number of imidazole rings is 1. The molecule has 0 saturated carbocycles. The van der Waals surface area contributed by atoms with Gasteiger partial charge in [0.2, 0.25) is 5.95 Å². The van der Waals surface area contributed by atoms with Crippen molar-refractivity contribution in [3.8, 4) is 5.75 Å². The van der Waals surface area contributed by atoms with Crippen LogP contribution in [0.15, 0.2) is 60.7 Å². The Balaban J connectivity index is 1.83. The van der Waals surface area contributed by atoms with Gasteiger partial charge >= 0.3 is 12.1 Å². The Kier molecular flexibility index (Phi) is 6.19. The third kappa shape index (κ3) is 4.68. The summed E-state index contributed by atoms with van der Waals surface area (Å²) in [6, 6.07) is 15.2. The van der Waals surface area contributed by atoms with Crippen molar-refractivity contribution in [1.29, 1.82) is 0 Å². The summed E-state index contributed by atoms with van der Waals surface area (Å²) >= 11 is 0. The zero-order valence-corrected chi connectivity index (χ0v) is 18.5. The van der Waals surface area contributed by atoms with Crippen molar-refractivity contribution in [1.82, 2.24) is 9.55 Å². The van der Waals surface area contributed by atoms with Gasteiger partial charge < -0.3 is 19.7 Å². The van der Waals surface area contributed by atoms with E-state index in [4.69, 9.17) is 4.74 Å². The number of anilines is 2. The second-order valence-electron chi connectivity index (χ2n) is 7.72. The number of nitrogens with zero attached hydrogens (tertiary/aromatic N) is 2. The first kappa shape index (κ1) is 23.2. The molecule has 3 aromatic carbocycles. The molecule has 34 heavy (non-hydrogen) atoms. The van der Waals surface area contributed by atoms with Gasteiger partial charge in [-0.15, -0.1) is 0 Å². The van der Waals surface area contributed by atoms with Gasteiger partial charge in [0, 0.05) is 11.8 Å². The first-order valence-corrected chi connectivity index (χ1v) is 10.6. The molecule has 0 spiro atoms. The number of halogens is 3. The van der Waals surface area contributed by atoms with Crippen molar-refractivity contribution in [2.45, 2.75) is 26.6 Å². The van der Waals surface area contributed by atoms with Crippen LogP contribution in [0.5, 0.6) is 5.75 Å². The highest BCUT2D eigenvalue weighted by molar-refractivity contribution is 5.93. The molecular formula is C25H22F3N3O3. The molecule has 6 nitrogen and oxygen atoms in total. The molecule has 0 radical (unpaired) electrons. The Morgan fingerprint density at radius 2 is 1.88 bits per heavy atom. The van der Waals surface area contributed by atoms with E-state index < -0.39 is 17.7 Å². The van der Waals surface area contributed by atoms with E-state index in [0.717, 1.165) is 11.6 Å². The second-order valence-corrected chi connectivity index (χ2v) is 7.72. The number of alkyl halides is 3. The lowest BCUT2D eigenvalue weighted by Crippen LogP contribution is -2.13. The number of aromatic nitrogens is 2. The lowest BCUT2D eigenvalue weighted by Gasteiger charge is -2.16. The number of carboxylic acids is 1. The summed E-state index contributed by atoms with van der Waals surface area (Å²) < 4.78 is 48.1. The summed E-state index contributed by atoms with van der Waals surface area (Å²) in [5.74, 6) is -0.167. The smallest absolute Gasteiger partial charge is 0.416 e. The third-order valence-electron chi connectivity index (χ3n) is 5.39. The van der Waals surface area contributed by atoms with Crippen LogP contribution in [-0.4, -0.2) is 27.2 Å². The van der Waals surface area contributed by atoms with Crippen molar-refractivity contribution >= 4 is 28.6 Å². The van der Waals surface area contributed by atoms with Crippen LogP contribution in [0, 0.1) is 6.92 Å². The molecular weight excluding hydrogens is 447 g/mol. The van der Waals surface area contributed by atoms with Crippen molar-refractivity contribution < 1.29 is 27.8 Å². The molecule has 0 aliphatic carbocycles. The Labute approximate surface area is 193 Å². The van der Waals surface area contributed by atoms with E-state index in [9.17, 15) is 23.1 Å². The number of ether oxygens (including phenoxy) is 1. The van der Waals surface area contributed by atoms with Crippen LogP contribution < -0.4 is 10.1 Å². The maximum absolute atomic E-state index is 13.6. The Bertz CT molecular complexity index is 1360. The number of benzene rings is 3. The first-order chi connectivity index (χ1) is 16.2. The van der Waals surface area contributed by atoms with E-state index in [-0.39, 0.29) is 23.6 Å². The van der Waals surface area contributed by atoms with Crippen molar-refractivity contribution in [2.24, 2.45) is 0 Å². The van der Waals surface area contributed by atoms with Crippen molar-refractivity contribution in [3.05, 3.63) is 82.9 Å². The largest absolute Gasteiger partial charge is 0.494 e. The minimum Gasteiger partial charge on any atom is -0.494 e. The molecule has 0 aliphatic rings. The van der Waals surface area contributed by atoms with Crippen LogP contribution in [0.25, 0.3) is 11.0 Å². The van der Waals surface area contributed by atoms with Crippen LogP contribution >= 0.6 is 0 Å². The quantitative estimate of drug-likeness (QED) is 0.335. The van der Waals surface area contributed by atoms with Crippen LogP contribution in [0.3, 0.4) is 0 Å². The molecule has 0 bridgehead atoms. The molecule has 9 heteroatoms. The van der Waals surface area contributed by atoms with Crippen molar-refractivity contribution in [2.75, 3.05) is 11.9 Å². The van der Waals surface area contributed by atoms with Crippen LogP contribution in [0.4, 0.5) is 24.8 Å². The minimum atomic E-state index is -4.51. The lowest BCUT2D eigenvalue weighted by molar-refractivity contribution is -0.138. The van der Waals surface area contributed by atoms with Gasteiger partial charge in [-0.05, 0) is 55.3 Å². The molecule has 4 rings (SSSR count). The number of nitrogens with one attached hydrogen (secondary N) is 1. The van der Waals surface area contributed by atoms with E-state index in [2.05, 4.69) is 10.3 Å². The molecule has 0 saturated heterocycles. The van der Waals surface area contributed by atoms with Gasteiger partial charge in [0.25, 0.3) is 0 Å². The lowest BCUT2D eigenvalue weighted by atomic mass is 10.1. The molecule has 1 aromatic heterocycles. The fourth-order valence-corrected chi connectivity index (χ4v) is 3.74. The number of aromatic carboxylic acids is 1. The predicted octanol–water partition coefficient (Wildman–Crippen LogP) is 6.25. The number of rotatable bonds is 7. The zero-order chi connectivity index (χ0) is 24.5. The first-order valence-electron chi connectivity index (χ1n) is 10.6. The van der Waals surface area contributed by atoms with E-state index in [1.807, 2.05) is 26.0 Å². The molecule has 1 heterocycles. The van der Waals surface area contributed by atoms with Gasteiger partial charge in [0.15, 0.2) is 0 Å². The fraction of sp³-hybridized carbons (Fsp3) is 0.200. The van der Waals surface area contributed by atoms with Crippen LogP contribution in [0.2, 0.25) is 0 Å². The minimum absolute atomic E-state index is 0.0355. The molecule has 176 valence electrons. The van der Waals surface area contributed by atoms with Crippen LogP contribution in [0.1, 0.15) is 34.0 Å². The highest BCUT2D eigenvalue weighted by Gasteiger charge is 2.33.